The van der Waals surface area contributed by atoms with Crippen molar-refractivity contribution in [2.24, 2.45) is 5.92 Å². The fourth-order valence-electron chi connectivity index (χ4n) is 5.59. The molecular weight excluding hydrogens is 472 g/mol. The molecule has 4 rings (SSSR count). The molecule has 0 spiro atoms. The van der Waals surface area contributed by atoms with E-state index in [9.17, 15) is 19.2 Å². The van der Waals surface area contributed by atoms with Crippen molar-refractivity contribution in [3.8, 4) is 0 Å². The van der Waals surface area contributed by atoms with Gasteiger partial charge >= 0.3 is 0 Å². The SMILES string of the molecule is CC(C)C[C@H](NC(=O)c1ccc(N(C)C)cc1)C(=O)N1CCC2[C@H]1C(=O)CN2C(=O)CN1CCNCC1. The van der Waals surface area contributed by atoms with Gasteiger partial charge in [0.15, 0.2) is 5.78 Å². The molecule has 2 N–H and O–H groups in total. The van der Waals surface area contributed by atoms with Crippen molar-refractivity contribution in [3.63, 3.8) is 0 Å². The lowest BCUT2D eigenvalue weighted by atomic mass is 10.0. The number of Topliss-reactive ketones (excluding diaryl/α,β-unsaturated/α-hetero) is 1. The first-order valence-corrected chi connectivity index (χ1v) is 13.3. The third-order valence-corrected chi connectivity index (χ3v) is 7.55. The molecule has 0 aliphatic carbocycles. The summed E-state index contributed by atoms with van der Waals surface area (Å²) in [7, 11) is 3.86. The summed E-state index contributed by atoms with van der Waals surface area (Å²) in [5, 5.41) is 6.20. The zero-order chi connectivity index (χ0) is 26.7. The fourth-order valence-corrected chi connectivity index (χ4v) is 5.59. The van der Waals surface area contributed by atoms with Crippen LogP contribution in [0.15, 0.2) is 24.3 Å². The Hall–Kier alpha value is -2.98. The largest absolute Gasteiger partial charge is 0.378 e. The molecule has 3 fully saturated rings. The van der Waals surface area contributed by atoms with Crippen LogP contribution in [-0.2, 0) is 14.4 Å². The van der Waals surface area contributed by atoms with Gasteiger partial charge in [0.05, 0.1) is 19.1 Å². The average Bonchev–Trinajstić information content (AvgIpc) is 3.45. The predicted octanol–water partition coefficient (Wildman–Crippen LogP) is 0.183. The number of hydrogen-bond acceptors (Lipinski definition) is 7. The van der Waals surface area contributed by atoms with E-state index in [1.54, 1.807) is 21.9 Å². The van der Waals surface area contributed by atoms with Crippen LogP contribution in [0, 0.1) is 5.92 Å². The van der Waals surface area contributed by atoms with Crippen molar-refractivity contribution in [1.82, 2.24) is 25.3 Å². The van der Waals surface area contributed by atoms with Crippen LogP contribution in [0.2, 0.25) is 0 Å². The lowest BCUT2D eigenvalue weighted by Crippen LogP contribution is -2.53. The van der Waals surface area contributed by atoms with Gasteiger partial charge in [-0.05, 0) is 43.0 Å². The number of fused-ring (bicyclic) bond motifs is 1. The van der Waals surface area contributed by atoms with E-state index in [4.69, 9.17) is 0 Å². The maximum Gasteiger partial charge on any atom is 0.251 e. The van der Waals surface area contributed by atoms with Crippen LogP contribution in [0.3, 0.4) is 0 Å². The van der Waals surface area contributed by atoms with Crippen LogP contribution >= 0.6 is 0 Å². The van der Waals surface area contributed by atoms with Crippen LogP contribution in [0.4, 0.5) is 5.69 Å². The molecule has 10 nitrogen and oxygen atoms in total. The molecule has 0 radical (unpaired) electrons. The molecule has 3 aliphatic heterocycles. The Labute approximate surface area is 219 Å². The Kier molecular flexibility index (Phi) is 8.49. The summed E-state index contributed by atoms with van der Waals surface area (Å²) in [6.45, 7) is 8.06. The van der Waals surface area contributed by atoms with Crippen LogP contribution in [-0.4, -0.2) is 116 Å². The number of nitrogens with one attached hydrogen (secondary N) is 2. The molecular formula is C27H40N6O4. The fraction of sp³-hybridized carbons (Fsp3) is 0.630. The second-order valence-electron chi connectivity index (χ2n) is 10.9. The van der Waals surface area contributed by atoms with Crippen molar-refractivity contribution in [1.29, 1.82) is 0 Å². The Morgan fingerprint density at radius 2 is 1.73 bits per heavy atom. The van der Waals surface area contributed by atoms with Crippen LogP contribution in [0.5, 0.6) is 0 Å². The van der Waals surface area contributed by atoms with Crippen molar-refractivity contribution in [2.75, 3.05) is 64.8 Å². The topological polar surface area (TPSA) is 105 Å². The standard InChI is InChI=1S/C27H40N6O4/c1-18(2)15-21(29-26(36)19-5-7-20(8-6-19)30(3)4)27(37)32-12-9-22-25(32)23(34)16-33(22)24(35)17-31-13-10-28-11-14-31/h5-8,18,21-22,25,28H,9-17H2,1-4H3,(H,29,36)/t21-,22?,25-/m0/s1. The van der Waals surface area contributed by atoms with Crippen LogP contribution in [0.1, 0.15) is 37.0 Å². The summed E-state index contributed by atoms with van der Waals surface area (Å²) in [6.07, 6.45) is 1.04. The van der Waals surface area contributed by atoms with Gasteiger partial charge in [-0.15, -0.1) is 0 Å². The van der Waals surface area contributed by atoms with E-state index in [1.165, 1.54) is 0 Å². The van der Waals surface area contributed by atoms with Crippen LogP contribution in [0.25, 0.3) is 0 Å². The second-order valence-corrected chi connectivity index (χ2v) is 10.9. The number of piperazine rings is 1. The predicted molar refractivity (Wildman–Crippen MR) is 141 cm³/mol. The first-order valence-electron chi connectivity index (χ1n) is 13.3. The lowest BCUT2D eigenvalue weighted by molar-refractivity contribution is -0.138. The molecule has 37 heavy (non-hydrogen) atoms. The highest BCUT2D eigenvalue weighted by atomic mass is 16.2. The average molecular weight is 513 g/mol. The number of likely N-dealkylation sites (tertiary alicyclic amines) is 2. The van der Waals surface area contributed by atoms with Gasteiger partial charge in [-0.3, -0.25) is 24.1 Å². The van der Waals surface area contributed by atoms with Gasteiger partial charge in [0.1, 0.15) is 12.1 Å². The van der Waals surface area contributed by atoms with Gasteiger partial charge in [-0.1, -0.05) is 13.8 Å². The van der Waals surface area contributed by atoms with Gasteiger partial charge in [0.25, 0.3) is 5.91 Å². The minimum Gasteiger partial charge on any atom is -0.378 e. The molecule has 202 valence electrons. The molecule has 0 bridgehead atoms. The molecule has 3 saturated heterocycles. The molecule has 0 saturated carbocycles. The Bertz CT molecular complexity index is 1000. The summed E-state index contributed by atoms with van der Waals surface area (Å²) in [6, 6.07) is 5.56. The van der Waals surface area contributed by atoms with Gasteiger partial charge in [-0.2, -0.15) is 0 Å². The summed E-state index contributed by atoms with van der Waals surface area (Å²) < 4.78 is 0. The Morgan fingerprint density at radius 1 is 1.05 bits per heavy atom. The van der Waals surface area contributed by atoms with Crippen molar-refractivity contribution in [3.05, 3.63) is 29.8 Å². The molecule has 1 aromatic carbocycles. The normalized spacial score (nSPS) is 22.8. The number of nitrogens with zero attached hydrogens (tertiary/aromatic N) is 4. The Morgan fingerprint density at radius 3 is 2.35 bits per heavy atom. The molecule has 0 aromatic heterocycles. The van der Waals surface area contributed by atoms with Gasteiger partial charge in [0.2, 0.25) is 11.8 Å². The highest BCUT2D eigenvalue weighted by Crippen LogP contribution is 2.31. The minimum atomic E-state index is -0.738. The number of rotatable bonds is 8. The summed E-state index contributed by atoms with van der Waals surface area (Å²) in [4.78, 5) is 60.2. The van der Waals surface area contributed by atoms with E-state index < -0.39 is 12.1 Å². The maximum absolute atomic E-state index is 13.7. The smallest absolute Gasteiger partial charge is 0.251 e. The highest BCUT2D eigenvalue weighted by molar-refractivity contribution is 6.01. The molecule has 3 aliphatic rings. The Balaban J connectivity index is 1.43. The first kappa shape index (κ1) is 27.1. The third-order valence-electron chi connectivity index (χ3n) is 7.55. The van der Waals surface area contributed by atoms with Crippen molar-refractivity contribution < 1.29 is 19.2 Å². The van der Waals surface area contributed by atoms with E-state index >= 15 is 0 Å². The number of anilines is 1. The monoisotopic (exact) mass is 512 g/mol. The molecule has 10 heteroatoms. The van der Waals surface area contributed by atoms with E-state index in [0.29, 0.717) is 31.5 Å². The first-order chi connectivity index (χ1) is 17.7. The molecule has 1 aromatic rings. The number of carbonyl (C=O) groups excluding carboxylic acids is 4. The minimum absolute atomic E-state index is 0.0451. The number of carbonyl (C=O) groups is 4. The van der Waals surface area contributed by atoms with E-state index in [0.717, 1.165) is 31.9 Å². The molecule has 3 amide bonds. The number of ketones is 1. The number of benzene rings is 1. The molecule has 3 heterocycles. The van der Waals surface area contributed by atoms with Gasteiger partial charge in [-0.25, -0.2) is 0 Å². The van der Waals surface area contributed by atoms with Gasteiger partial charge in [0, 0.05) is 58.1 Å². The zero-order valence-corrected chi connectivity index (χ0v) is 22.4. The summed E-state index contributed by atoms with van der Waals surface area (Å²) >= 11 is 0. The second kappa shape index (κ2) is 11.6. The summed E-state index contributed by atoms with van der Waals surface area (Å²) in [5.74, 6) is -0.543. The molecule has 1 unspecified atom stereocenters. The number of amides is 3. The van der Waals surface area contributed by atoms with Gasteiger partial charge < -0.3 is 25.3 Å². The maximum atomic E-state index is 13.7. The van der Waals surface area contributed by atoms with E-state index in [-0.39, 0.29) is 42.0 Å². The van der Waals surface area contributed by atoms with E-state index in [1.807, 2.05) is 45.0 Å². The summed E-state index contributed by atoms with van der Waals surface area (Å²) in [5.41, 5.74) is 1.46. The quantitative estimate of drug-likeness (QED) is 0.512. The highest BCUT2D eigenvalue weighted by Gasteiger charge is 2.52. The lowest BCUT2D eigenvalue weighted by Gasteiger charge is -2.30. The molecule has 3 atom stereocenters. The zero-order valence-electron chi connectivity index (χ0n) is 22.4. The van der Waals surface area contributed by atoms with Crippen molar-refractivity contribution in [2.45, 2.75) is 44.8 Å². The van der Waals surface area contributed by atoms with Crippen molar-refractivity contribution >= 4 is 29.2 Å². The third kappa shape index (κ3) is 6.13. The number of hydrogen-bond donors (Lipinski definition) is 2. The van der Waals surface area contributed by atoms with Crippen LogP contribution < -0.4 is 15.5 Å². The van der Waals surface area contributed by atoms with E-state index in [2.05, 4.69) is 15.5 Å².